The van der Waals surface area contributed by atoms with Gasteiger partial charge in [-0.15, -0.1) is 6.58 Å². The van der Waals surface area contributed by atoms with Crippen molar-refractivity contribution in [1.29, 1.82) is 0 Å². The number of hydrogen-bond donors (Lipinski definition) is 1. The number of hydrogen-bond acceptors (Lipinski definition) is 3. The number of benzene rings is 1. The SMILES string of the molecule is C=CC.C[C@@]1(c2cncc(C#Cc3ccccc3)c2)COC(=O)N1. The first kappa shape index (κ1) is 17.3. The molecule has 1 atom stereocenters. The average molecular weight is 320 g/mol. The number of carbonyl (C=O) groups excluding carboxylic acids is 1. The van der Waals surface area contributed by atoms with Gasteiger partial charge in [-0.2, -0.15) is 0 Å². The third-order valence-electron chi connectivity index (χ3n) is 3.37. The monoisotopic (exact) mass is 320 g/mol. The number of ether oxygens (including phenoxy) is 1. The summed E-state index contributed by atoms with van der Waals surface area (Å²) in [5.41, 5.74) is 2.09. The summed E-state index contributed by atoms with van der Waals surface area (Å²) in [6.07, 6.45) is 4.78. The lowest BCUT2D eigenvalue weighted by molar-refractivity contribution is 0.173. The van der Waals surface area contributed by atoms with Crippen LogP contribution in [0.5, 0.6) is 0 Å². The zero-order chi connectivity index (χ0) is 17.4. The molecule has 1 aliphatic rings. The Hall–Kier alpha value is -3.06. The van der Waals surface area contributed by atoms with Crippen molar-refractivity contribution in [2.75, 3.05) is 6.61 Å². The molecule has 0 unspecified atom stereocenters. The number of cyclic esters (lactones) is 1. The van der Waals surface area contributed by atoms with Gasteiger partial charge in [-0.05, 0) is 32.0 Å². The van der Waals surface area contributed by atoms with Gasteiger partial charge >= 0.3 is 6.09 Å². The standard InChI is InChI=1S/C17H14N2O2.C3H6/c1-17(12-21-16(20)19-17)15-9-14(10-18-11-15)8-7-13-5-3-2-4-6-13;1-3-2/h2-6,9-11H,12H2,1H3,(H,19,20);3H,1H2,2H3/t17-;/m0./s1. The molecule has 1 aromatic heterocycles. The molecule has 122 valence electrons. The van der Waals surface area contributed by atoms with E-state index in [1.807, 2.05) is 50.2 Å². The predicted molar refractivity (Wildman–Crippen MR) is 94.4 cm³/mol. The number of aromatic nitrogens is 1. The highest BCUT2D eigenvalue weighted by atomic mass is 16.6. The van der Waals surface area contributed by atoms with E-state index in [2.05, 4.69) is 28.7 Å². The molecule has 0 spiro atoms. The Kier molecular flexibility index (Phi) is 5.75. The van der Waals surface area contributed by atoms with Crippen molar-refractivity contribution in [1.82, 2.24) is 10.3 Å². The molecule has 0 aliphatic carbocycles. The second-order valence-corrected chi connectivity index (χ2v) is 5.52. The number of amides is 1. The molecule has 24 heavy (non-hydrogen) atoms. The van der Waals surface area contributed by atoms with E-state index in [1.54, 1.807) is 18.5 Å². The molecule has 1 amide bonds. The van der Waals surface area contributed by atoms with Crippen LogP contribution in [0.4, 0.5) is 4.79 Å². The highest BCUT2D eigenvalue weighted by molar-refractivity contribution is 5.71. The Morgan fingerprint density at radius 3 is 2.54 bits per heavy atom. The van der Waals surface area contributed by atoms with Crippen molar-refractivity contribution >= 4 is 6.09 Å². The van der Waals surface area contributed by atoms with Gasteiger partial charge in [-0.1, -0.05) is 36.1 Å². The van der Waals surface area contributed by atoms with Crippen molar-refractivity contribution in [2.45, 2.75) is 19.4 Å². The van der Waals surface area contributed by atoms with Crippen molar-refractivity contribution in [3.63, 3.8) is 0 Å². The van der Waals surface area contributed by atoms with E-state index in [1.165, 1.54) is 0 Å². The van der Waals surface area contributed by atoms with Gasteiger partial charge < -0.3 is 10.1 Å². The number of carbonyl (C=O) groups is 1. The van der Waals surface area contributed by atoms with Crippen LogP contribution in [0, 0.1) is 11.8 Å². The predicted octanol–water partition coefficient (Wildman–Crippen LogP) is 3.63. The molecule has 1 saturated heterocycles. The zero-order valence-corrected chi connectivity index (χ0v) is 13.9. The number of pyridine rings is 1. The number of rotatable bonds is 1. The minimum atomic E-state index is -0.547. The van der Waals surface area contributed by atoms with Gasteiger partial charge in [0, 0.05) is 29.1 Å². The molecule has 2 aromatic rings. The van der Waals surface area contributed by atoms with Crippen LogP contribution < -0.4 is 5.32 Å². The molecule has 3 rings (SSSR count). The topological polar surface area (TPSA) is 51.2 Å². The summed E-state index contributed by atoms with van der Waals surface area (Å²) in [6, 6.07) is 11.7. The molecule has 0 bridgehead atoms. The van der Waals surface area contributed by atoms with E-state index < -0.39 is 11.6 Å². The van der Waals surface area contributed by atoms with Crippen LogP contribution in [0.15, 0.2) is 61.4 Å². The summed E-state index contributed by atoms with van der Waals surface area (Å²) in [5, 5.41) is 2.80. The minimum Gasteiger partial charge on any atom is -0.447 e. The van der Waals surface area contributed by atoms with E-state index in [0.29, 0.717) is 6.61 Å². The van der Waals surface area contributed by atoms with Gasteiger partial charge in [0.25, 0.3) is 0 Å². The summed E-state index contributed by atoms with van der Waals surface area (Å²) >= 11 is 0. The first-order chi connectivity index (χ1) is 11.6. The molecule has 0 saturated carbocycles. The third-order valence-corrected chi connectivity index (χ3v) is 3.37. The lowest BCUT2D eigenvalue weighted by Gasteiger charge is -2.20. The Morgan fingerprint density at radius 1 is 1.25 bits per heavy atom. The molecule has 1 aromatic carbocycles. The maximum atomic E-state index is 11.2. The van der Waals surface area contributed by atoms with Crippen molar-refractivity contribution in [3.8, 4) is 11.8 Å². The number of nitrogens with one attached hydrogen (secondary N) is 1. The number of nitrogens with zero attached hydrogens (tertiary/aromatic N) is 1. The molecule has 1 N–H and O–H groups in total. The lowest BCUT2D eigenvalue weighted by Crippen LogP contribution is -2.37. The normalized spacial score (nSPS) is 18.2. The van der Waals surface area contributed by atoms with Crippen LogP contribution in [-0.4, -0.2) is 17.7 Å². The first-order valence-electron chi connectivity index (χ1n) is 7.62. The smallest absolute Gasteiger partial charge is 0.408 e. The Morgan fingerprint density at radius 2 is 1.92 bits per heavy atom. The van der Waals surface area contributed by atoms with Gasteiger partial charge in [-0.25, -0.2) is 4.79 Å². The van der Waals surface area contributed by atoms with Crippen LogP contribution in [0.1, 0.15) is 30.5 Å². The van der Waals surface area contributed by atoms with Crippen LogP contribution in [0.25, 0.3) is 0 Å². The molecule has 4 nitrogen and oxygen atoms in total. The fraction of sp³-hybridized carbons (Fsp3) is 0.200. The maximum Gasteiger partial charge on any atom is 0.408 e. The summed E-state index contributed by atoms with van der Waals surface area (Å²) in [6.45, 7) is 7.45. The van der Waals surface area contributed by atoms with Gasteiger partial charge in [0.2, 0.25) is 0 Å². The molecule has 0 radical (unpaired) electrons. The van der Waals surface area contributed by atoms with Crippen LogP contribution in [0.2, 0.25) is 0 Å². The van der Waals surface area contributed by atoms with Crippen LogP contribution in [0.3, 0.4) is 0 Å². The average Bonchev–Trinajstić information content (AvgIpc) is 2.95. The van der Waals surface area contributed by atoms with Crippen molar-refractivity contribution < 1.29 is 9.53 Å². The van der Waals surface area contributed by atoms with Gasteiger partial charge in [0.15, 0.2) is 0 Å². The quantitative estimate of drug-likeness (QED) is 0.645. The second-order valence-electron chi connectivity index (χ2n) is 5.52. The summed E-state index contributed by atoms with van der Waals surface area (Å²) in [7, 11) is 0. The van der Waals surface area contributed by atoms with E-state index >= 15 is 0 Å². The van der Waals surface area contributed by atoms with E-state index in [-0.39, 0.29) is 0 Å². The highest BCUT2D eigenvalue weighted by Crippen LogP contribution is 2.25. The summed E-state index contributed by atoms with van der Waals surface area (Å²) < 4.78 is 4.98. The third kappa shape index (κ3) is 4.47. The number of allylic oxidation sites excluding steroid dienone is 1. The van der Waals surface area contributed by atoms with E-state index in [9.17, 15) is 4.79 Å². The molecular formula is C20H20N2O2. The molecule has 1 fully saturated rings. The Balaban J connectivity index is 0.000000647. The van der Waals surface area contributed by atoms with Gasteiger partial charge in [0.05, 0.1) is 0 Å². The van der Waals surface area contributed by atoms with Crippen LogP contribution >= 0.6 is 0 Å². The molecule has 2 heterocycles. The molecule has 4 heteroatoms. The fourth-order valence-corrected chi connectivity index (χ4v) is 2.14. The first-order valence-corrected chi connectivity index (χ1v) is 7.62. The van der Waals surface area contributed by atoms with Crippen LogP contribution in [-0.2, 0) is 10.3 Å². The maximum absolute atomic E-state index is 11.2. The van der Waals surface area contributed by atoms with Gasteiger partial charge in [0.1, 0.15) is 12.1 Å². The summed E-state index contributed by atoms with van der Waals surface area (Å²) in [4.78, 5) is 15.4. The Labute approximate surface area is 142 Å². The van der Waals surface area contributed by atoms with E-state index in [0.717, 1.165) is 16.7 Å². The lowest BCUT2D eigenvalue weighted by atomic mass is 9.94. The van der Waals surface area contributed by atoms with Crippen molar-refractivity contribution in [2.24, 2.45) is 0 Å². The largest absolute Gasteiger partial charge is 0.447 e. The zero-order valence-electron chi connectivity index (χ0n) is 13.9. The number of alkyl carbamates (subject to hydrolysis) is 1. The highest BCUT2D eigenvalue weighted by Gasteiger charge is 2.36. The van der Waals surface area contributed by atoms with Gasteiger partial charge in [-0.3, -0.25) is 4.98 Å². The van der Waals surface area contributed by atoms with E-state index in [4.69, 9.17) is 4.74 Å². The second kappa shape index (κ2) is 7.98. The van der Waals surface area contributed by atoms with Crippen molar-refractivity contribution in [3.05, 3.63) is 78.1 Å². The molecule has 1 aliphatic heterocycles. The summed E-state index contributed by atoms with van der Waals surface area (Å²) in [5.74, 6) is 6.18. The minimum absolute atomic E-state index is 0.295. The Bertz CT molecular complexity index is 775. The fourth-order valence-electron chi connectivity index (χ4n) is 2.14. The molecular weight excluding hydrogens is 300 g/mol.